The van der Waals surface area contributed by atoms with Crippen LogP contribution >= 0.6 is 0 Å². The smallest absolute Gasteiger partial charge is 0.262 e. The third kappa shape index (κ3) is 4.32. The van der Waals surface area contributed by atoms with Crippen LogP contribution < -0.4 is 10.1 Å². The lowest BCUT2D eigenvalue weighted by atomic mass is 10.1. The van der Waals surface area contributed by atoms with Crippen LogP contribution in [-0.2, 0) is 4.79 Å². The number of ether oxygens (including phenoxy) is 1. The zero-order chi connectivity index (χ0) is 17.0. The summed E-state index contributed by atoms with van der Waals surface area (Å²) in [5.41, 5.74) is 0.771. The van der Waals surface area contributed by atoms with Gasteiger partial charge in [-0.2, -0.15) is 0 Å². The summed E-state index contributed by atoms with van der Waals surface area (Å²) in [5.74, 6) is -5.13. The van der Waals surface area contributed by atoms with Crippen molar-refractivity contribution in [3.63, 3.8) is 0 Å². The molecule has 7 heteroatoms. The molecule has 1 amide bonds. The minimum atomic E-state index is -1.35. The molecule has 0 atom stereocenters. The van der Waals surface area contributed by atoms with E-state index in [1.165, 1.54) is 13.0 Å². The van der Waals surface area contributed by atoms with Crippen molar-refractivity contribution in [2.45, 2.75) is 6.92 Å². The van der Waals surface area contributed by atoms with Gasteiger partial charge < -0.3 is 10.1 Å². The molecule has 23 heavy (non-hydrogen) atoms. The Morgan fingerprint density at radius 3 is 2.43 bits per heavy atom. The van der Waals surface area contributed by atoms with E-state index in [4.69, 9.17) is 4.74 Å². The van der Waals surface area contributed by atoms with E-state index in [2.05, 4.69) is 5.32 Å². The normalized spacial score (nSPS) is 10.3. The zero-order valence-electron chi connectivity index (χ0n) is 12.0. The standard InChI is InChI=1S/C16H12F3NO3/c1-9(21)10-3-2-4-11(5-10)20-16(22)8-23-15-7-13(18)12(17)6-14(15)19/h2-7H,8H2,1H3,(H,20,22). The van der Waals surface area contributed by atoms with Gasteiger partial charge >= 0.3 is 0 Å². The molecule has 0 aliphatic rings. The molecule has 0 heterocycles. The van der Waals surface area contributed by atoms with Gasteiger partial charge in [-0.1, -0.05) is 12.1 Å². The minimum absolute atomic E-state index is 0.166. The Bertz CT molecular complexity index is 762. The second-order valence-electron chi connectivity index (χ2n) is 4.67. The summed E-state index contributed by atoms with van der Waals surface area (Å²) in [6.07, 6.45) is 0. The van der Waals surface area contributed by atoms with Gasteiger partial charge in [0.05, 0.1) is 0 Å². The average molecular weight is 323 g/mol. The molecule has 120 valence electrons. The Morgan fingerprint density at radius 1 is 1.04 bits per heavy atom. The van der Waals surface area contributed by atoms with E-state index in [1.54, 1.807) is 18.2 Å². The van der Waals surface area contributed by atoms with Crippen molar-refractivity contribution in [2.75, 3.05) is 11.9 Å². The monoisotopic (exact) mass is 323 g/mol. The van der Waals surface area contributed by atoms with Crippen LogP contribution in [0.15, 0.2) is 36.4 Å². The Morgan fingerprint density at radius 2 is 1.74 bits per heavy atom. The maximum Gasteiger partial charge on any atom is 0.262 e. The molecule has 0 saturated carbocycles. The molecule has 2 aromatic rings. The second-order valence-corrected chi connectivity index (χ2v) is 4.67. The van der Waals surface area contributed by atoms with Crippen molar-refractivity contribution in [2.24, 2.45) is 0 Å². The van der Waals surface area contributed by atoms with E-state index in [-0.39, 0.29) is 5.78 Å². The number of nitrogens with one attached hydrogen (secondary N) is 1. The SMILES string of the molecule is CC(=O)c1cccc(NC(=O)COc2cc(F)c(F)cc2F)c1. The molecule has 4 nitrogen and oxygen atoms in total. The van der Waals surface area contributed by atoms with Gasteiger partial charge in [-0.3, -0.25) is 9.59 Å². The summed E-state index contributed by atoms with van der Waals surface area (Å²) in [6.45, 7) is 0.780. The maximum atomic E-state index is 13.3. The van der Waals surface area contributed by atoms with Gasteiger partial charge in [-0.05, 0) is 19.1 Å². The maximum absolute atomic E-state index is 13.3. The molecule has 0 aromatic heterocycles. The van der Waals surface area contributed by atoms with Crippen molar-refractivity contribution in [3.05, 3.63) is 59.4 Å². The third-order valence-corrected chi connectivity index (χ3v) is 2.89. The molecular formula is C16H12F3NO3. The van der Waals surface area contributed by atoms with Gasteiger partial charge in [0.1, 0.15) is 0 Å². The Kier molecular flexibility index (Phi) is 5.00. The quantitative estimate of drug-likeness (QED) is 0.678. The fourth-order valence-corrected chi connectivity index (χ4v) is 1.77. The fourth-order valence-electron chi connectivity index (χ4n) is 1.77. The third-order valence-electron chi connectivity index (χ3n) is 2.89. The van der Waals surface area contributed by atoms with Crippen molar-refractivity contribution >= 4 is 17.4 Å². The van der Waals surface area contributed by atoms with Gasteiger partial charge in [0.15, 0.2) is 35.6 Å². The number of ketones is 1. The highest BCUT2D eigenvalue weighted by Gasteiger charge is 2.12. The van der Waals surface area contributed by atoms with Crippen molar-refractivity contribution in [3.8, 4) is 5.75 Å². The van der Waals surface area contributed by atoms with Crippen LogP contribution in [0, 0.1) is 17.5 Å². The highest BCUT2D eigenvalue weighted by atomic mass is 19.2. The molecule has 1 N–H and O–H groups in total. The number of rotatable bonds is 5. The Balaban J connectivity index is 1.99. The van der Waals surface area contributed by atoms with Crippen LogP contribution in [0.4, 0.5) is 18.9 Å². The highest BCUT2D eigenvalue weighted by Crippen LogP contribution is 2.20. The van der Waals surface area contributed by atoms with Crippen LogP contribution in [0.2, 0.25) is 0 Å². The number of amides is 1. The zero-order valence-corrected chi connectivity index (χ0v) is 12.0. The van der Waals surface area contributed by atoms with Crippen LogP contribution in [0.5, 0.6) is 5.75 Å². The number of anilines is 1. The van der Waals surface area contributed by atoms with Gasteiger partial charge in [0.25, 0.3) is 5.91 Å². The predicted molar refractivity (Wildman–Crippen MR) is 76.9 cm³/mol. The first-order valence-corrected chi connectivity index (χ1v) is 6.55. The lowest BCUT2D eigenvalue weighted by Gasteiger charge is -2.09. The van der Waals surface area contributed by atoms with Crippen molar-refractivity contribution < 1.29 is 27.5 Å². The Hall–Kier alpha value is -2.83. The number of hydrogen-bond donors (Lipinski definition) is 1. The van der Waals surface area contributed by atoms with Gasteiger partial charge in [-0.15, -0.1) is 0 Å². The lowest BCUT2D eigenvalue weighted by molar-refractivity contribution is -0.118. The summed E-state index contributed by atoms with van der Waals surface area (Å²) in [6, 6.07) is 7.06. The van der Waals surface area contributed by atoms with Gasteiger partial charge in [0.2, 0.25) is 0 Å². The number of carbonyl (C=O) groups excluding carboxylic acids is 2. The van der Waals surface area contributed by atoms with Crippen LogP contribution in [0.25, 0.3) is 0 Å². The molecule has 0 unspecified atom stereocenters. The summed E-state index contributed by atoms with van der Waals surface area (Å²) in [4.78, 5) is 23.0. The number of halogens is 3. The molecule has 2 rings (SSSR count). The van der Waals surface area contributed by atoms with Crippen LogP contribution in [0.1, 0.15) is 17.3 Å². The summed E-state index contributed by atoms with van der Waals surface area (Å²) >= 11 is 0. The first-order chi connectivity index (χ1) is 10.9. The molecule has 0 saturated heterocycles. The van der Waals surface area contributed by atoms with E-state index in [0.717, 1.165) is 0 Å². The topological polar surface area (TPSA) is 55.4 Å². The summed E-state index contributed by atoms with van der Waals surface area (Å²) in [5, 5.41) is 2.45. The molecule has 0 radical (unpaired) electrons. The van der Waals surface area contributed by atoms with Gasteiger partial charge in [0, 0.05) is 23.4 Å². The number of Topliss-reactive ketones (excluding diaryl/α,β-unsaturated/α-hetero) is 1. The average Bonchev–Trinajstić information content (AvgIpc) is 2.50. The minimum Gasteiger partial charge on any atom is -0.481 e. The van der Waals surface area contributed by atoms with E-state index in [1.807, 2.05) is 0 Å². The number of benzene rings is 2. The van der Waals surface area contributed by atoms with Crippen molar-refractivity contribution in [1.82, 2.24) is 0 Å². The first kappa shape index (κ1) is 16.5. The van der Waals surface area contributed by atoms with E-state index < -0.39 is 35.7 Å². The summed E-state index contributed by atoms with van der Waals surface area (Å²) in [7, 11) is 0. The number of hydrogen-bond acceptors (Lipinski definition) is 3. The van der Waals surface area contributed by atoms with E-state index >= 15 is 0 Å². The second kappa shape index (κ2) is 6.95. The van der Waals surface area contributed by atoms with Crippen LogP contribution in [-0.4, -0.2) is 18.3 Å². The van der Waals surface area contributed by atoms with E-state index in [0.29, 0.717) is 23.4 Å². The lowest BCUT2D eigenvalue weighted by Crippen LogP contribution is -2.20. The molecule has 0 aliphatic carbocycles. The molecule has 0 spiro atoms. The fraction of sp³-hybridized carbons (Fsp3) is 0.125. The molecule has 2 aromatic carbocycles. The molecule has 0 fully saturated rings. The highest BCUT2D eigenvalue weighted by molar-refractivity contribution is 5.97. The Labute approximate surface area is 129 Å². The predicted octanol–water partition coefficient (Wildman–Crippen LogP) is 3.32. The summed E-state index contributed by atoms with van der Waals surface area (Å²) < 4.78 is 43.9. The molecular weight excluding hydrogens is 311 g/mol. The molecule has 0 aliphatic heterocycles. The number of carbonyl (C=O) groups is 2. The van der Waals surface area contributed by atoms with Gasteiger partial charge in [-0.25, -0.2) is 13.2 Å². The van der Waals surface area contributed by atoms with Crippen molar-refractivity contribution in [1.29, 1.82) is 0 Å². The first-order valence-electron chi connectivity index (χ1n) is 6.55. The van der Waals surface area contributed by atoms with Crippen LogP contribution in [0.3, 0.4) is 0 Å². The molecule has 0 bridgehead atoms. The van der Waals surface area contributed by atoms with E-state index in [9.17, 15) is 22.8 Å². The largest absolute Gasteiger partial charge is 0.481 e.